The van der Waals surface area contributed by atoms with Gasteiger partial charge in [0.05, 0.1) is 11.0 Å². The fraction of sp³-hybridized carbons (Fsp3) is 0.0952. The molecule has 1 aromatic heterocycles. The zero-order chi connectivity index (χ0) is 19.9. The highest BCUT2D eigenvalue weighted by Crippen LogP contribution is 2.36. The Morgan fingerprint density at radius 1 is 0.964 bits per heavy atom. The molecule has 7 heteroatoms. The second-order valence-electron chi connectivity index (χ2n) is 6.47. The number of hydrogen-bond donors (Lipinski definition) is 0. The van der Waals surface area contributed by atoms with Gasteiger partial charge in [0, 0.05) is 17.6 Å². The Kier molecular flexibility index (Phi) is 4.81. The number of imidazole rings is 1. The van der Waals surface area contributed by atoms with Crippen molar-refractivity contribution in [2.45, 2.75) is 10.4 Å². The maximum atomic E-state index is 13.7. The highest BCUT2D eigenvalue weighted by molar-refractivity contribution is 9.10. The van der Waals surface area contributed by atoms with Crippen LogP contribution in [0.15, 0.2) is 82.4 Å². The summed E-state index contributed by atoms with van der Waals surface area (Å²) in [5.41, 5.74) is 2.14. The van der Waals surface area contributed by atoms with E-state index >= 15 is 0 Å². The van der Waals surface area contributed by atoms with Gasteiger partial charge in [0.1, 0.15) is 11.1 Å². The smallest absolute Gasteiger partial charge is 0.229 e. The maximum Gasteiger partial charge on any atom is 0.229 e. The van der Waals surface area contributed by atoms with Crippen LogP contribution in [0.4, 0.5) is 4.39 Å². The van der Waals surface area contributed by atoms with Crippen molar-refractivity contribution in [1.82, 2.24) is 9.55 Å². The van der Waals surface area contributed by atoms with E-state index in [1.54, 1.807) is 43.4 Å². The van der Waals surface area contributed by atoms with Crippen molar-refractivity contribution < 1.29 is 12.8 Å². The maximum absolute atomic E-state index is 13.7. The Morgan fingerprint density at radius 2 is 1.61 bits per heavy atom. The molecule has 142 valence electrons. The largest absolute Gasteiger partial charge is 0.318 e. The predicted octanol–water partition coefficient (Wildman–Crippen LogP) is 5.04. The van der Waals surface area contributed by atoms with Crippen LogP contribution in [0.5, 0.6) is 0 Å². The van der Waals surface area contributed by atoms with E-state index < -0.39 is 20.9 Å². The second-order valence-corrected chi connectivity index (χ2v) is 9.32. The molecule has 0 aliphatic heterocycles. The van der Waals surface area contributed by atoms with Gasteiger partial charge in [-0.2, -0.15) is 0 Å². The summed E-state index contributed by atoms with van der Waals surface area (Å²) in [6.45, 7) is 0. The highest BCUT2D eigenvalue weighted by Gasteiger charge is 2.34. The molecule has 0 amide bonds. The number of nitrogens with zero attached hydrogens (tertiary/aromatic N) is 2. The van der Waals surface area contributed by atoms with E-state index in [1.807, 2.05) is 18.2 Å². The van der Waals surface area contributed by atoms with Crippen molar-refractivity contribution >= 4 is 36.8 Å². The summed E-state index contributed by atoms with van der Waals surface area (Å²) < 4.78 is 43.4. The summed E-state index contributed by atoms with van der Waals surface area (Å²) in [7, 11) is -2.28. The molecule has 0 aliphatic carbocycles. The van der Waals surface area contributed by atoms with Gasteiger partial charge >= 0.3 is 0 Å². The first kappa shape index (κ1) is 18.8. The van der Waals surface area contributed by atoms with Crippen LogP contribution >= 0.6 is 15.9 Å². The fourth-order valence-corrected chi connectivity index (χ4v) is 5.54. The summed E-state index contributed by atoms with van der Waals surface area (Å²) in [4.78, 5) is 4.26. The van der Waals surface area contributed by atoms with Crippen molar-refractivity contribution in [3.8, 4) is 0 Å². The lowest BCUT2D eigenvalue weighted by molar-refractivity contribution is 0.573. The molecule has 4 aromatic rings. The summed E-state index contributed by atoms with van der Waals surface area (Å²) in [6.07, 6.45) is 0. The van der Waals surface area contributed by atoms with Crippen LogP contribution in [0.1, 0.15) is 16.4 Å². The first-order chi connectivity index (χ1) is 13.4. The van der Waals surface area contributed by atoms with Crippen molar-refractivity contribution in [3.05, 3.63) is 94.2 Å². The third kappa shape index (κ3) is 3.25. The van der Waals surface area contributed by atoms with Gasteiger partial charge < -0.3 is 4.57 Å². The topological polar surface area (TPSA) is 52.0 Å². The monoisotopic (exact) mass is 458 g/mol. The third-order valence-electron chi connectivity index (χ3n) is 4.64. The molecule has 1 heterocycles. The van der Waals surface area contributed by atoms with Crippen molar-refractivity contribution in [2.24, 2.45) is 7.05 Å². The minimum absolute atomic E-state index is 0.0927. The SMILES string of the molecule is Cn1c(S(=O)(=O)C(c2ccccc2)c2ccc(Br)cc2)nc2cc(F)ccc21. The molecule has 0 fully saturated rings. The van der Waals surface area contributed by atoms with Crippen LogP contribution in [-0.4, -0.2) is 18.0 Å². The first-order valence-electron chi connectivity index (χ1n) is 8.54. The Hall–Kier alpha value is -2.51. The Morgan fingerprint density at radius 3 is 2.29 bits per heavy atom. The normalized spacial score (nSPS) is 13.0. The van der Waals surface area contributed by atoms with E-state index in [1.165, 1.54) is 22.8 Å². The Bertz CT molecular complexity index is 1250. The van der Waals surface area contributed by atoms with Crippen LogP contribution < -0.4 is 0 Å². The van der Waals surface area contributed by atoms with Gasteiger partial charge in [0.25, 0.3) is 0 Å². The lowest BCUT2D eigenvalue weighted by Gasteiger charge is -2.18. The number of sulfone groups is 1. The minimum Gasteiger partial charge on any atom is -0.318 e. The van der Waals surface area contributed by atoms with Crippen molar-refractivity contribution in [3.63, 3.8) is 0 Å². The highest BCUT2D eigenvalue weighted by atomic mass is 79.9. The number of benzene rings is 3. The number of hydrogen-bond acceptors (Lipinski definition) is 3. The van der Waals surface area contributed by atoms with E-state index in [2.05, 4.69) is 20.9 Å². The average Bonchev–Trinajstić information content (AvgIpc) is 3.01. The molecule has 0 bridgehead atoms. The first-order valence-corrected chi connectivity index (χ1v) is 10.9. The van der Waals surface area contributed by atoms with Crippen molar-refractivity contribution in [2.75, 3.05) is 0 Å². The number of aromatic nitrogens is 2. The van der Waals surface area contributed by atoms with Gasteiger partial charge in [-0.1, -0.05) is 58.4 Å². The minimum atomic E-state index is -3.91. The summed E-state index contributed by atoms with van der Waals surface area (Å²) in [5.74, 6) is -0.456. The predicted molar refractivity (Wildman–Crippen MR) is 110 cm³/mol. The molecule has 0 N–H and O–H groups in total. The van der Waals surface area contributed by atoms with Gasteiger partial charge in [-0.15, -0.1) is 0 Å². The number of rotatable bonds is 4. The van der Waals surface area contributed by atoms with E-state index in [0.29, 0.717) is 22.2 Å². The summed E-state index contributed by atoms with van der Waals surface area (Å²) >= 11 is 3.39. The molecule has 1 unspecified atom stereocenters. The number of halogens is 2. The van der Waals surface area contributed by atoms with E-state index in [0.717, 1.165) is 4.47 Å². The van der Waals surface area contributed by atoms with Crippen LogP contribution in [0.3, 0.4) is 0 Å². The molecular weight excluding hydrogens is 443 g/mol. The molecule has 0 radical (unpaired) electrons. The Labute approximate surface area is 170 Å². The lowest BCUT2D eigenvalue weighted by atomic mass is 10.0. The van der Waals surface area contributed by atoms with Crippen LogP contribution in [0.25, 0.3) is 11.0 Å². The molecule has 4 nitrogen and oxygen atoms in total. The zero-order valence-corrected chi connectivity index (χ0v) is 17.3. The molecule has 4 rings (SSSR count). The molecule has 0 spiro atoms. The van der Waals surface area contributed by atoms with Gasteiger partial charge in [0.15, 0.2) is 0 Å². The lowest BCUT2D eigenvalue weighted by Crippen LogP contribution is -2.18. The Balaban J connectivity index is 1.95. The van der Waals surface area contributed by atoms with Crippen LogP contribution in [0, 0.1) is 5.82 Å². The standard InChI is InChI=1S/C21H16BrFN2O2S/c1-25-19-12-11-17(23)13-18(19)24-21(25)28(26,27)20(14-5-3-2-4-6-14)15-7-9-16(22)10-8-15/h2-13,20H,1H3. The zero-order valence-electron chi connectivity index (χ0n) is 14.9. The molecule has 1 atom stereocenters. The van der Waals surface area contributed by atoms with Gasteiger partial charge in [0.2, 0.25) is 15.0 Å². The van der Waals surface area contributed by atoms with Crippen molar-refractivity contribution in [1.29, 1.82) is 0 Å². The molecule has 0 saturated carbocycles. The summed E-state index contributed by atoms with van der Waals surface area (Å²) in [5, 5.41) is -1.02. The molecule has 0 aliphatic rings. The number of aryl methyl sites for hydroxylation is 1. The van der Waals surface area contributed by atoms with Gasteiger partial charge in [-0.05, 0) is 35.4 Å². The molecule has 28 heavy (non-hydrogen) atoms. The van der Waals surface area contributed by atoms with E-state index in [9.17, 15) is 12.8 Å². The van der Waals surface area contributed by atoms with Crippen LogP contribution in [-0.2, 0) is 16.9 Å². The van der Waals surface area contributed by atoms with Crippen LogP contribution in [0.2, 0.25) is 0 Å². The van der Waals surface area contributed by atoms with Gasteiger partial charge in [-0.3, -0.25) is 0 Å². The fourth-order valence-electron chi connectivity index (χ4n) is 3.33. The quantitative estimate of drug-likeness (QED) is 0.430. The van der Waals surface area contributed by atoms with E-state index in [-0.39, 0.29) is 5.16 Å². The summed E-state index contributed by atoms with van der Waals surface area (Å²) in [6, 6.07) is 20.3. The molecule has 3 aromatic carbocycles. The second kappa shape index (κ2) is 7.14. The number of fused-ring (bicyclic) bond motifs is 1. The van der Waals surface area contributed by atoms with E-state index in [4.69, 9.17) is 0 Å². The van der Waals surface area contributed by atoms with Gasteiger partial charge in [-0.25, -0.2) is 17.8 Å². The molecular formula is C21H16BrFN2O2S. The average molecular weight is 459 g/mol. The molecule has 0 saturated heterocycles. The third-order valence-corrected chi connectivity index (χ3v) is 7.21.